The SMILES string of the molecule is COc1ccc(S(=O)(=O)N(CC(=O)N(Cc2ccccc2Cl)C(C)C(=O)NC(C)(C)C)c2ccccc2)cc1OC. The zero-order valence-electron chi connectivity index (χ0n) is 24.0. The molecule has 0 spiro atoms. The van der Waals surface area contributed by atoms with Crippen molar-refractivity contribution in [1.29, 1.82) is 0 Å². The van der Waals surface area contributed by atoms with Gasteiger partial charge in [-0.3, -0.25) is 13.9 Å². The van der Waals surface area contributed by atoms with Gasteiger partial charge in [0.05, 0.1) is 24.8 Å². The maximum atomic E-state index is 14.0. The Labute approximate surface area is 247 Å². The zero-order valence-corrected chi connectivity index (χ0v) is 25.6. The van der Waals surface area contributed by atoms with Gasteiger partial charge < -0.3 is 19.7 Å². The van der Waals surface area contributed by atoms with Gasteiger partial charge >= 0.3 is 0 Å². The van der Waals surface area contributed by atoms with Crippen LogP contribution in [0.25, 0.3) is 0 Å². The van der Waals surface area contributed by atoms with Crippen molar-refractivity contribution in [2.24, 2.45) is 0 Å². The number of hydrogen-bond acceptors (Lipinski definition) is 6. The van der Waals surface area contributed by atoms with Gasteiger partial charge in [0.15, 0.2) is 11.5 Å². The largest absolute Gasteiger partial charge is 0.493 e. The molecule has 0 saturated carbocycles. The summed E-state index contributed by atoms with van der Waals surface area (Å²) in [5, 5.41) is 3.32. The molecule has 2 amide bonds. The minimum Gasteiger partial charge on any atom is -0.493 e. The zero-order chi connectivity index (χ0) is 30.4. The topological polar surface area (TPSA) is 105 Å². The number of amides is 2. The molecule has 0 saturated heterocycles. The predicted molar refractivity (Wildman–Crippen MR) is 160 cm³/mol. The van der Waals surface area contributed by atoms with Crippen LogP contribution < -0.4 is 19.1 Å². The normalized spacial score (nSPS) is 12.3. The van der Waals surface area contributed by atoms with E-state index in [2.05, 4.69) is 5.32 Å². The molecule has 1 N–H and O–H groups in total. The molecule has 0 aliphatic heterocycles. The van der Waals surface area contributed by atoms with Crippen LogP contribution in [0.2, 0.25) is 5.02 Å². The molecule has 11 heteroatoms. The number of rotatable bonds is 11. The number of sulfonamides is 1. The fourth-order valence-electron chi connectivity index (χ4n) is 4.09. The first-order valence-corrected chi connectivity index (χ1v) is 14.7. The molecule has 41 heavy (non-hydrogen) atoms. The van der Waals surface area contributed by atoms with Crippen LogP contribution in [0.3, 0.4) is 0 Å². The molecule has 0 heterocycles. The van der Waals surface area contributed by atoms with Crippen LogP contribution in [-0.2, 0) is 26.2 Å². The molecular weight excluding hydrogens is 566 g/mol. The number of carbonyl (C=O) groups is 2. The second kappa shape index (κ2) is 13.3. The maximum Gasteiger partial charge on any atom is 0.264 e. The molecule has 3 aromatic rings. The summed E-state index contributed by atoms with van der Waals surface area (Å²) < 4.78 is 39.6. The van der Waals surface area contributed by atoms with Crippen LogP contribution in [0.1, 0.15) is 33.3 Å². The number of halogens is 1. The quantitative estimate of drug-likeness (QED) is 0.336. The van der Waals surface area contributed by atoms with Crippen LogP contribution >= 0.6 is 11.6 Å². The first kappa shape index (κ1) is 31.8. The van der Waals surface area contributed by atoms with E-state index in [1.165, 1.54) is 37.3 Å². The molecule has 0 aliphatic rings. The Balaban J connectivity index is 2.06. The summed E-state index contributed by atoms with van der Waals surface area (Å²) in [4.78, 5) is 28.4. The van der Waals surface area contributed by atoms with Gasteiger partial charge in [-0.15, -0.1) is 0 Å². The van der Waals surface area contributed by atoms with E-state index < -0.39 is 34.1 Å². The van der Waals surface area contributed by atoms with Crippen LogP contribution in [-0.4, -0.2) is 57.5 Å². The molecule has 220 valence electrons. The highest BCUT2D eigenvalue weighted by Crippen LogP contribution is 2.32. The Morgan fingerprint density at radius 3 is 2.12 bits per heavy atom. The number of ether oxygens (including phenoxy) is 2. The minimum absolute atomic E-state index is 0.00370. The number of methoxy groups -OCH3 is 2. The van der Waals surface area contributed by atoms with Crippen molar-refractivity contribution in [3.8, 4) is 11.5 Å². The van der Waals surface area contributed by atoms with Gasteiger partial charge in [0, 0.05) is 23.2 Å². The Kier molecular flexibility index (Phi) is 10.3. The number of anilines is 1. The van der Waals surface area contributed by atoms with Crippen LogP contribution in [0.15, 0.2) is 77.7 Å². The smallest absolute Gasteiger partial charge is 0.264 e. The molecule has 3 rings (SSSR count). The number of carbonyl (C=O) groups excluding carboxylic acids is 2. The maximum absolute atomic E-state index is 14.0. The van der Waals surface area contributed by atoms with Gasteiger partial charge in [-0.1, -0.05) is 48.0 Å². The molecule has 1 unspecified atom stereocenters. The third-order valence-corrected chi connectivity index (χ3v) is 8.37. The fourth-order valence-corrected chi connectivity index (χ4v) is 5.72. The standard InChI is InChI=1S/C30H36ClN3O6S/c1-21(29(36)32-30(2,3)4)33(19-22-12-10-11-15-25(22)31)28(35)20-34(23-13-8-7-9-14-23)41(37,38)24-16-17-26(39-5)27(18-24)40-6/h7-18,21H,19-20H2,1-6H3,(H,32,36). The van der Waals surface area contributed by atoms with E-state index in [-0.39, 0.29) is 28.8 Å². The number of para-hydroxylation sites is 1. The summed E-state index contributed by atoms with van der Waals surface area (Å²) in [5.74, 6) is -0.389. The average Bonchev–Trinajstić information content (AvgIpc) is 2.94. The van der Waals surface area contributed by atoms with Crippen LogP contribution in [0, 0.1) is 0 Å². The van der Waals surface area contributed by atoms with Gasteiger partial charge in [-0.05, 0) is 63.6 Å². The van der Waals surface area contributed by atoms with Gasteiger partial charge in [-0.25, -0.2) is 8.42 Å². The molecule has 3 aromatic carbocycles. The van der Waals surface area contributed by atoms with Gasteiger partial charge in [0.25, 0.3) is 10.0 Å². The van der Waals surface area contributed by atoms with Crippen molar-refractivity contribution in [2.45, 2.75) is 50.7 Å². The molecule has 0 radical (unpaired) electrons. The molecule has 0 fully saturated rings. The Bertz CT molecular complexity index is 1480. The van der Waals surface area contributed by atoms with Crippen molar-refractivity contribution in [1.82, 2.24) is 10.2 Å². The van der Waals surface area contributed by atoms with Crippen molar-refractivity contribution >= 4 is 39.1 Å². The van der Waals surface area contributed by atoms with E-state index in [1.807, 2.05) is 20.8 Å². The predicted octanol–water partition coefficient (Wildman–Crippen LogP) is 4.88. The third kappa shape index (κ3) is 7.92. The van der Waals surface area contributed by atoms with Gasteiger partial charge in [0.1, 0.15) is 12.6 Å². The molecule has 9 nitrogen and oxygen atoms in total. The van der Waals surface area contributed by atoms with E-state index >= 15 is 0 Å². The average molecular weight is 602 g/mol. The second-order valence-corrected chi connectivity index (χ2v) is 12.7. The highest BCUT2D eigenvalue weighted by atomic mass is 35.5. The summed E-state index contributed by atoms with van der Waals surface area (Å²) in [6.07, 6.45) is 0. The number of benzene rings is 3. The van der Waals surface area contributed by atoms with Crippen molar-refractivity contribution in [3.63, 3.8) is 0 Å². The Hall–Kier alpha value is -3.76. The molecule has 0 aromatic heterocycles. The summed E-state index contributed by atoms with van der Waals surface area (Å²) in [6, 6.07) is 18.6. The first-order valence-electron chi connectivity index (χ1n) is 12.9. The van der Waals surface area contributed by atoms with Crippen molar-refractivity contribution in [2.75, 3.05) is 25.1 Å². The third-order valence-electron chi connectivity index (χ3n) is 6.23. The van der Waals surface area contributed by atoms with Crippen LogP contribution in [0.4, 0.5) is 5.69 Å². The number of nitrogens with one attached hydrogen (secondary N) is 1. The number of nitrogens with zero attached hydrogens (tertiary/aromatic N) is 2. The van der Waals surface area contributed by atoms with E-state index in [4.69, 9.17) is 21.1 Å². The van der Waals surface area contributed by atoms with Crippen molar-refractivity contribution < 1.29 is 27.5 Å². The van der Waals surface area contributed by atoms with E-state index in [9.17, 15) is 18.0 Å². The van der Waals surface area contributed by atoms with Crippen LogP contribution in [0.5, 0.6) is 11.5 Å². The number of hydrogen-bond donors (Lipinski definition) is 1. The molecule has 0 bridgehead atoms. The lowest BCUT2D eigenvalue weighted by atomic mass is 10.1. The molecule has 1 atom stereocenters. The summed E-state index contributed by atoms with van der Waals surface area (Å²) in [6.45, 7) is 6.54. The second-order valence-electron chi connectivity index (χ2n) is 10.4. The monoisotopic (exact) mass is 601 g/mol. The fraction of sp³-hybridized carbons (Fsp3) is 0.333. The van der Waals surface area contributed by atoms with E-state index in [0.29, 0.717) is 16.3 Å². The summed E-state index contributed by atoms with van der Waals surface area (Å²) in [7, 11) is -1.42. The molecular formula is C30H36ClN3O6S. The Morgan fingerprint density at radius 2 is 1.54 bits per heavy atom. The van der Waals surface area contributed by atoms with E-state index in [0.717, 1.165) is 4.31 Å². The highest BCUT2D eigenvalue weighted by Gasteiger charge is 2.34. The lowest BCUT2D eigenvalue weighted by molar-refractivity contribution is -0.140. The Morgan fingerprint density at radius 1 is 0.927 bits per heavy atom. The summed E-state index contributed by atoms with van der Waals surface area (Å²) >= 11 is 6.40. The van der Waals surface area contributed by atoms with Gasteiger partial charge in [0.2, 0.25) is 11.8 Å². The van der Waals surface area contributed by atoms with Crippen molar-refractivity contribution in [3.05, 3.63) is 83.4 Å². The minimum atomic E-state index is -4.27. The lowest BCUT2D eigenvalue weighted by Crippen LogP contribution is -2.54. The summed E-state index contributed by atoms with van der Waals surface area (Å²) in [5.41, 5.74) is 0.351. The molecule has 0 aliphatic carbocycles. The highest BCUT2D eigenvalue weighted by molar-refractivity contribution is 7.92. The lowest BCUT2D eigenvalue weighted by Gasteiger charge is -2.33. The van der Waals surface area contributed by atoms with Gasteiger partial charge in [-0.2, -0.15) is 0 Å². The van der Waals surface area contributed by atoms with E-state index in [1.54, 1.807) is 61.5 Å². The first-order chi connectivity index (χ1) is 19.3.